The summed E-state index contributed by atoms with van der Waals surface area (Å²) < 4.78 is 0. The molecule has 0 bridgehead atoms. The largest absolute Gasteiger partial charge is 0.316 e. The Kier molecular flexibility index (Phi) is 2.09. The van der Waals surface area contributed by atoms with E-state index in [0.29, 0.717) is 5.78 Å². The summed E-state index contributed by atoms with van der Waals surface area (Å²) >= 11 is 0. The van der Waals surface area contributed by atoms with Crippen LogP contribution in [0.25, 0.3) is 0 Å². The summed E-state index contributed by atoms with van der Waals surface area (Å²) in [6.45, 7) is 5.92. The van der Waals surface area contributed by atoms with Crippen LogP contribution in [0.3, 0.4) is 0 Å². The van der Waals surface area contributed by atoms with Crippen LogP contribution < -0.4 is 5.32 Å². The van der Waals surface area contributed by atoms with Crippen LogP contribution in [0.4, 0.5) is 0 Å². The molecule has 1 aliphatic rings. The van der Waals surface area contributed by atoms with Crippen molar-refractivity contribution in [3.63, 3.8) is 0 Å². The van der Waals surface area contributed by atoms with Gasteiger partial charge in [-0.1, -0.05) is 6.92 Å². The molecule has 0 aliphatic carbocycles. The van der Waals surface area contributed by atoms with Gasteiger partial charge in [0, 0.05) is 13.0 Å². The van der Waals surface area contributed by atoms with E-state index in [1.54, 1.807) is 6.92 Å². The van der Waals surface area contributed by atoms with Crippen LogP contribution in [0.15, 0.2) is 0 Å². The Morgan fingerprint density at radius 1 is 1.70 bits per heavy atom. The van der Waals surface area contributed by atoms with Crippen molar-refractivity contribution in [2.45, 2.75) is 26.7 Å². The lowest BCUT2D eigenvalue weighted by atomic mass is 9.85. The first-order valence-corrected chi connectivity index (χ1v) is 3.83. The second-order valence-corrected chi connectivity index (χ2v) is 3.62. The van der Waals surface area contributed by atoms with Crippen molar-refractivity contribution in [3.05, 3.63) is 0 Å². The molecular formula is C8H15NO. The summed E-state index contributed by atoms with van der Waals surface area (Å²) in [6, 6.07) is 0. The van der Waals surface area contributed by atoms with Gasteiger partial charge in [0.1, 0.15) is 5.78 Å². The third-order valence-corrected chi connectivity index (χ3v) is 2.13. The van der Waals surface area contributed by atoms with E-state index in [1.807, 2.05) is 0 Å². The summed E-state index contributed by atoms with van der Waals surface area (Å²) in [5.41, 5.74) is 0.256. The van der Waals surface area contributed by atoms with E-state index >= 15 is 0 Å². The Balaban J connectivity index is 2.43. The lowest BCUT2D eigenvalue weighted by Crippen LogP contribution is -2.22. The van der Waals surface area contributed by atoms with Crippen LogP contribution in [0, 0.1) is 5.41 Å². The van der Waals surface area contributed by atoms with Crippen LogP contribution in [0.1, 0.15) is 26.7 Å². The van der Waals surface area contributed by atoms with Gasteiger partial charge in [0.05, 0.1) is 0 Å². The number of hydrogen-bond donors (Lipinski definition) is 1. The fourth-order valence-corrected chi connectivity index (χ4v) is 1.62. The molecule has 2 nitrogen and oxygen atoms in total. The quantitative estimate of drug-likeness (QED) is 0.620. The van der Waals surface area contributed by atoms with Gasteiger partial charge in [-0.25, -0.2) is 0 Å². The van der Waals surface area contributed by atoms with Gasteiger partial charge in [-0.3, -0.25) is 0 Å². The molecule has 0 amide bonds. The molecule has 0 aromatic carbocycles. The van der Waals surface area contributed by atoms with Gasteiger partial charge in [0.15, 0.2) is 0 Å². The van der Waals surface area contributed by atoms with Gasteiger partial charge < -0.3 is 10.1 Å². The second kappa shape index (κ2) is 2.70. The van der Waals surface area contributed by atoms with E-state index in [1.165, 1.54) is 0 Å². The maximum Gasteiger partial charge on any atom is 0.130 e. The summed E-state index contributed by atoms with van der Waals surface area (Å²) in [5.74, 6) is 0.311. The topological polar surface area (TPSA) is 29.1 Å². The van der Waals surface area contributed by atoms with Crippen LogP contribution >= 0.6 is 0 Å². The molecule has 58 valence electrons. The average molecular weight is 141 g/mol. The number of Topliss-reactive ketones (excluding diaryl/α,β-unsaturated/α-hetero) is 1. The minimum atomic E-state index is 0.256. The standard InChI is InChI=1S/C8H15NO/c1-7(10)5-8(2)3-4-9-6-8/h9H,3-6H2,1-2H3. The Labute approximate surface area is 62.0 Å². The molecule has 1 fully saturated rings. The molecule has 0 aromatic rings. The lowest BCUT2D eigenvalue weighted by molar-refractivity contribution is -0.118. The van der Waals surface area contributed by atoms with Crippen molar-refractivity contribution >= 4 is 5.78 Å². The zero-order chi connectivity index (χ0) is 7.61. The van der Waals surface area contributed by atoms with E-state index in [9.17, 15) is 4.79 Å². The molecule has 0 spiro atoms. The summed E-state index contributed by atoms with van der Waals surface area (Å²) in [6.07, 6.45) is 1.88. The fraction of sp³-hybridized carbons (Fsp3) is 0.875. The van der Waals surface area contributed by atoms with E-state index in [-0.39, 0.29) is 5.41 Å². The van der Waals surface area contributed by atoms with Crippen LogP contribution in [-0.4, -0.2) is 18.9 Å². The minimum Gasteiger partial charge on any atom is -0.316 e. The molecule has 1 unspecified atom stereocenters. The van der Waals surface area contributed by atoms with Crippen molar-refractivity contribution in [2.24, 2.45) is 5.41 Å². The molecule has 1 N–H and O–H groups in total. The number of rotatable bonds is 2. The normalized spacial score (nSPS) is 32.6. The number of ketones is 1. The third-order valence-electron chi connectivity index (χ3n) is 2.13. The van der Waals surface area contributed by atoms with E-state index in [2.05, 4.69) is 12.2 Å². The van der Waals surface area contributed by atoms with Gasteiger partial charge in [-0.2, -0.15) is 0 Å². The van der Waals surface area contributed by atoms with Crippen molar-refractivity contribution in [2.75, 3.05) is 13.1 Å². The highest BCUT2D eigenvalue weighted by atomic mass is 16.1. The summed E-state index contributed by atoms with van der Waals surface area (Å²) in [7, 11) is 0. The highest BCUT2D eigenvalue weighted by molar-refractivity contribution is 5.76. The number of carbonyl (C=O) groups is 1. The minimum absolute atomic E-state index is 0.256. The molecule has 0 saturated carbocycles. The molecular weight excluding hydrogens is 126 g/mol. The highest BCUT2D eigenvalue weighted by Gasteiger charge is 2.29. The van der Waals surface area contributed by atoms with Crippen LogP contribution in [0.5, 0.6) is 0 Å². The maximum absolute atomic E-state index is 10.8. The molecule has 0 aromatic heterocycles. The first kappa shape index (κ1) is 7.73. The van der Waals surface area contributed by atoms with Crippen LogP contribution in [0.2, 0.25) is 0 Å². The Morgan fingerprint density at radius 3 is 2.80 bits per heavy atom. The van der Waals surface area contributed by atoms with E-state index in [4.69, 9.17) is 0 Å². The maximum atomic E-state index is 10.8. The number of nitrogens with one attached hydrogen (secondary N) is 1. The molecule has 2 heteroatoms. The average Bonchev–Trinajstić information content (AvgIpc) is 2.12. The zero-order valence-corrected chi connectivity index (χ0v) is 6.74. The van der Waals surface area contributed by atoms with E-state index in [0.717, 1.165) is 25.9 Å². The van der Waals surface area contributed by atoms with Gasteiger partial charge in [0.2, 0.25) is 0 Å². The molecule has 1 saturated heterocycles. The molecule has 10 heavy (non-hydrogen) atoms. The number of hydrogen-bond acceptors (Lipinski definition) is 2. The van der Waals surface area contributed by atoms with Crippen molar-refractivity contribution < 1.29 is 4.79 Å². The molecule has 1 rings (SSSR count). The van der Waals surface area contributed by atoms with Crippen LogP contribution in [-0.2, 0) is 4.79 Å². The highest BCUT2D eigenvalue weighted by Crippen LogP contribution is 2.28. The van der Waals surface area contributed by atoms with Crippen molar-refractivity contribution in [3.8, 4) is 0 Å². The summed E-state index contributed by atoms with van der Waals surface area (Å²) in [5, 5.41) is 3.27. The zero-order valence-electron chi connectivity index (χ0n) is 6.74. The monoisotopic (exact) mass is 141 g/mol. The second-order valence-electron chi connectivity index (χ2n) is 3.62. The predicted octanol–water partition coefficient (Wildman–Crippen LogP) is 0.965. The van der Waals surface area contributed by atoms with Gasteiger partial charge in [-0.15, -0.1) is 0 Å². The Bertz CT molecular complexity index is 136. The SMILES string of the molecule is CC(=O)CC1(C)CCNC1. The Hall–Kier alpha value is -0.370. The number of carbonyl (C=O) groups excluding carboxylic acids is 1. The van der Waals surface area contributed by atoms with Gasteiger partial charge >= 0.3 is 0 Å². The summed E-state index contributed by atoms with van der Waals surface area (Å²) in [4.78, 5) is 10.8. The van der Waals surface area contributed by atoms with Crippen molar-refractivity contribution in [1.82, 2.24) is 5.32 Å². The molecule has 1 atom stereocenters. The fourth-order valence-electron chi connectivity index (χ4n) is 1.62. The molecule has 1 heterocycles. The van der Waals surface area contributed by atoms with Gasteiger partial charge in [0.25, 0.3) is 0 Å². The first-order valence-electron chi connectivity index (χ1n) is 3.83. The molecule has 1 aliphatic heterocycles. The first-order chi connectivity index (χ1) is 4.62. The lowest BCUT2D eigenvalue weighted by Gasteiger charge is -2.19. The molecule has 0 radical (unpaired) electrons. The predicted molar refractivity (Wildman–Crippen MR) is 40.9 cm³/mol. The van der Waals surface area contributed by atoms with Gasteiger partial charge in [-0.05, 0) is 25.3 Å². The van der Waals surface area contributed by atoms with Crippen molar-refractivity contribution in [1.29, 1.82) is 0 Å². The Morgan fingerprint density at radius 2 is 2.40 bits per heavy atom. The third kappa shape index (κ3) is 1.81. The van der Waals surface area contributed by atoms with E-state index < -0.39 is 0 Å². The smallest absolute Gasteiger partial charge is 0.130 e.